The molecule has 0 heterocycles. The van der Waals surface area contributed by atoms with Crippen LogP contribution in [0.25, 0.3) is 0 Å². The van der Waals surface area contributed by atoms with E-state index >= 15 is 0 Å². The van der Waals surface area contributed by atoms with E-state index in [9.17, 15) is 4.79 Å². The highest BCUT2D eigenvalue weighted by atomic mass is 33.1. The van der Waals surface area contributed by atoms with Gasteiger partial charge in [-0.2, -0.15) is 0 Å². The van der Waals surface area contributed by atoms with E-state index in [0.29, 0.717) is 0 Å². The maximum atomic E-state index is 9.83. The van der Waals surface area contributed by atoms with Gasteiger partial charge in [0.2, 0.25) is 0 Å². The molecule has 0 aromatic carbocycles. The maximum Gasteiger partial charge on any atom is 0.303 e. The van der Waals surface area contributed by atoms with E-state index in [-0.39, 0.29) is 5.24 Å². The van der Waals surface area contributed by atoms with Gasteiger partial charge in [0.05, 0.1) is 0 Å². The van der Waals surface area contributed by atoms with Crippen LogP contribution in [0.15, 0.2) is 0 Å². The molecule has 0 saturated carbocycles. The molecule has 0 saturated heterocycles. The molecule has 0 aliphatic carbocycles. The van der Waals surface area contributed by atoms with Crippen molar-refractivity contribution >= 4 is 27.7 Å². The second kappa shape index (κ2) is 3.32. The Morgan fingerprint density at radius 3 is 2.50 bits per heavy atom. The Hall–Kier alpha value is 0.130. The quantitative estimate of drug-likeness (QED) is 0.142. The topological polar surface area (TPSA) is 55.1 Å². The van der Waals surface area contributed by atoms with Crippen LogP contribution in [0.2, 0.25) is 0 Å². The van der Waals surface area contributed by atoms with Crippen molar-refractivity contribution in [2.45, 2.75) is 0 Å². The normalized spacial score (nSPS) is 7.67. The van der Waals surface area contributed by atoms with E-state index < -0.39 is 0 Å². The first-order chi connectivity index (χ1) is 2.81. The van der Waals surface area contributed by atoms with Gasteiger partial charge in [0, 0.05) is 10.8 Å². The Labute approximate surface area is 44.4 Å². The van der Waals surface area contributed by atoms with Crippen LogP contribution in [0.4, 0.5) is 4.79 Å². The largest absolute Gasteiger partial charge is 0.303 e. The fraction of sp³-hybridized carbons (Fsp3) is 0. The molecule has 0 aromatic rings. The Morgan fingerprint density at radius 1 is 2.00 bits per heavy atom. The van der Waals surface area contributed by atoms with Crippen LogP contribution in [0.3, 0.4) is 0 Å². The number of nitrogens with two attached hydrogens (primary N) is 1. The third-order valence-electron chi connectivity index (χ3n) is 0.201. The first-order valence-electron chi connectivity index (χ1n) is 1.13. The van der Waals surface area contributed by atoms with Crippen LogP contribution >= 0.6 is 22.5 Å². The summed E-state index contributed by atoms with van der Waals surface area (Å²) in [5.41, 5.74) is 1.86. The highest BCUT2D eigenvalue weighted by Gasteiger charge is 1.87. The zero-order chi connectivity index (χ0) is 4.99. The molecule has 0 rings (SSSR count). The number of hydrazine groups is 1. The second-order valence-corrected chi connectivity index (χ2v) is 1.62. The lowest BCUT2D eigenvalue weighted by atomic mass is 11.4. The van der Waals surface area contributed by atoms with E-state index in [1.807, 2.05) is 5.43 Å². The van der Waals surface area contributed by atoms with Crippen molar-refractivity contribution < 1.29 is 4.79 Å². The van der Waals surface area contributed by atoms with Crippen molar-refractivity contribution in [3.8, 4) is 0 Å². The first-order valence-corrected chi connectivity index (χ1v) is 3.00. The smallest absolute Gasteiger partial charge is 0.284 e. The molecule has 0 spiro atoms. The SMILES string of the molecule is NNC(=O)SS. The highest BCUT2D eigenvalue weighted by Crippen LogP contribution is 2.02. The molecule has 0 fully saturated rings. The van der Waals surface area contributed by atoms with Crippen LogP contribution in [0.1, 0.15) is 0 Å². The van der Waals surface area contributed by atoms with Gasteiger partial charge in [-0.15, -0.1) is 11.7 Å². The number of carbonyl (C=O) groups excluding carboxylic acids is 1. The molecule has 0 radical (unpaired) electrons. The third kappa shape index (κ3) is 2.37. The number of rotatable bonds is 0. The van der Waals surface area contributed by atoms with Gasteiger partial charge in [0.15, 0.2) is 0 Å². The summed E-state index contributed by atoms with van der Waals surface area (Å²) in [6.45, 7) is 0. The molecule has 3 N–H and O–H groups in total. The molecule has 1 amide bonds. The summed E-state index contributed by atoms with van der Waals surface area (Å²) in [7, 11) is 0.744. The minimum absolute atomic E-state index is 0.349. The molecular weight excluding hydrogens is 120 g/mol. The molecule has 5 heteroatoms. The van der Waals surface area contributed by atoms with Crippen molar-refractivity contribution in [3.05, 3.63) is 0 Å². The summed E-state index contributed by atoms with van der Waals surface area (Å²) < 4.78 is 0. The molecule has 6 heavy (non-hydrogen) atoms. The minimum Gasteiger partial charge on any atom is -0.284 e. The predicted molar refractivity (Wildman–Crippen MR) is 29.3 cm³/mol. The lowest BCUT2D eigenvalue weighted by Crippen LogP contribution is -2.24. The van der Waals surface area contributed by atoms with E-state index in [1.54, 1.807) is 0 Å². The Bertz CT molecular complexity index is 49.5. The van der Waals surface area contributed by atoms with E-state index in [0.717, 1.165) is 10.8 Å². The molecule has 0 unspecified atom stereocenters. The molecule has 0 aliphatic heterocycles. The zero-order valence-corrected chi connectivity index (χ0v) is 4.55. The van der Waals surface area contributed by atoms with Crippen LogP contribution < -0.4 is 11.3 Å². The number of carbonyl (C=O) groups is 1. The fourth-order valence-electron chi connectivity index (χ4n) is 0.0264. The van der Waals surface area contributed by atoms with Crippen LogP contribution in [-0.2, 0) is 0 Å². The summed E-state index contributed by atoms with van der Waals surface area (Å²) in [4.78, 5) is 9.83. The Balaban J connectivity index is 2.99. The summed E-state index contributed by atoms with van der Waals surface area (Å²) in [5, 5.41) is -0.349. The van der Waals surface area contributed by atoms with Crippen LogP contribution in [-0.4, -0.2) is 5.24 Å². The van der Waals surface area contributed by atoms with Crippen molar-refractivity contribution in [3.63, 3.8) is 0 Å². The summed E-state index contributed by atoms with van der Waals surface area (Å²) in [6.07, 6.45) is 0. The van der Waals surface area contributed by atoms with Gasteiger partial charge < -0.3 is 0 Å². The number of amides is 1. The van der Waals surface area contributed by atoms with Gasteiger partial charge in [-0.1, -0.05) is 0 Å². The van der Waals surface area contributed by atoms with E-state index in [4.69, 9.17) is 0 Å². The number of nitrogens with one attached hydrogen (secondary N) is 1. The van der Waals surface area contributed by atoms with Crippen molar-refractivity contribution in [1.29, 1.82) is 0 Å². The Kier molecular flexibility index (Phi) is 3.40. The molecular formula is CH4N2OS2. The molecule has 0 atom stereocenters. The minimum atomic E-state index is -0.349. The average molecular weight is 124 g/mol. The molecule has 0 bridgehead atoms. The average Bonchev–Trinajstić information content (AvgIpc) is 1.65. The van der Waals surface area contributed by atoms with Gasteiger partial charge >= 0.3 is 5.24 Å². The fourth-order valence-corrected chi connectivity index (χ4v) is 0.237. The van der Waals surface area contributed by atoms with Gasteiger partial charge in [-0.05, 0) is 0 Å². The van der Waals surface area contributed by atoms with Crippen LogP contribution in [0, 0.1) is 0 Å². The monoisotopic (exact) mass is 124 g/mol. The summed E-state index contributed by atoms with van der Waals surface area (Å²) in [5.74, 6) is 4.61. The maximum absolute atomic E-state index is 9.83. The highest BCUT2D eigenvalue weighted by molar-refractivity contribution is 8.74. The second-order valence-electron chi connectivity index (χ2n) is 0.523. The van der Waals surface area contributed by atoms with Gasteiger partial charge in [0.25, 0.3) is 0 Å². The number of thiol groups is 1. The lowest BCUT2D eigenvalue weighted by Gasteiger charge is -1.85. The van der Waals surface area contributed by atoms with E-state index in [1.165, 1.54) is 0 Å². The van der Waals surface area contributed by atoms with Crippen LogP contribution in [0.5, 0.6) is 0 Å². The zero-order valence-electron chi connectivity index (χ0n) is 2.84. The van der Waals surface area contributed by atoms with Crippen molar-refractivity contribution in [2.24, 2.45) is 5.84 Å². The molecule has 3 nitrogen and oxygen atoms in total. The van der Waals surface area contributed by atoms with Gasteiger partial charge in [-0.3, -0.25) is 10.2 Å². The summed E-state index contributed by atoms with van der Waals surface area (Å²) >= 11 is 3.52. The van der Waals surface area contributed by atoms with Crippen molar-refractivity contribution in [2.75, 3.05) is 0 Å². The third-order valence-corrected chi connectivity index (χ3v) is 0.982. The standard InChI is InChI=1S/CH4N2OS2/c2-3-1(4)6-5/h5H,2H2,(H,3,4). The van der Waals surface area contributed by atoms with Gasteiger partial charge in [-0.25, -0.2) is 5.84 Å². The number of hydrogen-bond donors (Lipinski definition) is 3. The molecule has 0 aliphatic rings. The first kappa shape index (κ1) is 6.13. The summed E-state index contributed by atoms with van der Waals surface area (Å²) in [6, 6.07) is 0. The van der Waals surface area contributed by atoms with Gasteiger partial charge in [0.1, 0.15) is 0 Å². The predicted octanol–water partition coefficient (Wildman–Crippen LogP) is 0.148. The molecule has 36 valence electrons. The van der Waals surface area contributed by atoms with E-state index in [2.05, 4.69) is 17.5 Å². The lowest BCUT2D eigenvalue weighted by molar-refractivity contribution is 0.261. The number of hydrogen-bond acceptors (Lipinski definition) is 4. The Morgan fingerprint density at radius 2 is 2.50 bits per heavy atom. The molecule has 0 aromatic heterocycles. The van der Waals surface area contributed by atoms with Crippen molar-refractivity contribution in [1.82, 2.24) is 5.43 Å².